The highest BCUT2D eigenvalue weighted by Crippen LogP contribution is 2.28. The second kappa shape index (κ2) is 5.98. The molecule has 1 atom stereocenters. The number of halogens is 1. The fraction of sp³-hybridized carbons (Fsp3) is 0.417. The Labute approximate surface area is 126 Å². The van der Waals surface area contributed by atoms with Gasteiger partial charge in [-0.25, -0.2) is 8.42 Å². The van der Waals surface area contributed by atoms with Crippen LogP contribution in [-0.4, -0.2) is 36.8 Å². The van der Waals surface area contributed by atoms with Crippen LogP contribution in [0, 0.1) is 10.1 Å². The van der Waals surface area contributed by atoms with Crippen LogP contribution in [0.4, 0.5) is 5.69 Å². The Kier molecular flexibility index (Phi) is 4.48. The van der Waals surface area contributed by atoms with E-state index in [0.717, 1.165) is 0 Å². The first kappa shape index (κ1) is 15.7. The number of rotatable bonds is 3. The number of hydrogen-bond acceptors (Lipinski definition) is 5. The number of benzene rings is 1. The molecule has 1 unspecified atom stereocenters. The van der Waals surface area contributed by atoms with Crippen molar-refractivity contribution in [1.29, 1.82) is 0 Å². The molecule has 1 heterocycles. The zero-order chi connectivity index (χ0) is 15.6. The Hall–Kier alpha value is -1.67. The van der Waals surface area contributed by atoms with E-state index in [-0.39, 0.29) is 22.1 Å². The zero-order valence-corrected chi connectivity index (χ0v) is 12.5. The number of nitrogens with zero attached hydrogens (tertiary/aromatic N) is 1. The lowest BCUT2D eigenvalue weighted by Gasteiger charge is -2.22. The summed E-state index contributed by atoms with van der Waals surface area (Å²) in [4.78, 5) is 22.4. The molecule has 1 aliphatic rings. The first-order valence-electron chi connectivity index (χ1n) is 6.24. The third kappa shape index (κ3) is 3.70. The second-order valence-corrected chi connectivity index (χ2v) is 7.46. The molecule has 1 aliphatic heterocycles. The number of sulfone groups is 1. The molecule has 0 aliphatic carbocycles. The van der Waals surface area contributed by atoms with Gasteiger partial charge in [0.1, 0.15) is 10.6 Å². The molecule has 1 aromatic carbocycles. The van der Waals surface area contributed by atoms with Gasteiger partial charge in [0.05, 0.1) is 16.4 Å². The fourth-order valence-electron chi connectivity index (χ4n) is 2.28. The van der Waals surface area contributed by atoms with Gasteiger partial charge >= 0.3 is 5.69 Å². The molecule has 1 N–H and O–H groups in total. The Balaban J connectivity index is 2.22. The summed E-state index contributed by atoms with van der Waals surface area (Å²) >= 11 is 5.74. The molecule has 2 rings (SSSR count). The van der Waals surface area contributed by atoms with Crippen LogP contribution in [-0.2, 0) is 9.84 Å². The van der Waals surface area contributed by atoms with E-state index in [4.69, 9.17) is 11.6 Å². The first-order valence-corrected chi connectivity index (χ1v) is 8.44. The van der Waals surface area contributed by atoms with Crippen molar-refractivity contribution >= 4 is 33.0 Å². The first-order chi connectivity index (χ1) is 9.80. The molecule has 0 bridgehead atoms. The standard InChI is InChI=1S/C12H13ClN2O5S/c13-10-5-1-4-9(11(10)15(17)18)12(16)14-8-3-2-6-21(19,20)7-8/h1,4-5,8H,2-3,6-7H2,(H,14,16). The van der Waals surface area contributed by atoms with E-state index < -0.39 is 32.4 Å². The number of para-hydroxylation sites is 1. The molecule has 1 amide bonds. The molecular weight excluding hydrogens is 320 g/mol. The van der Waals surface area contributed by atoms with Gasteiger partial charge in [0.15, 0.2) is 9.84 Å². The van der Waals surface area contributed by atoms with Gasteiger partial charge in [0.25, 0.3) is 5.91 Å². The number of amides is 1. The van der Waals surface area contributed by atoms with E-state index >= 15 is 0 Å². The zero-order valence-electron chi connectivity index (χ0n) is 10.9. The van der Waals surface area contributed by atoms with Crippen LogP contribution in [0.2, 0.25) is 5.02 Å². The minimum Gasteiger partial charge on any atom is -0.348 e. The lowest BCUT2D eigenvalue weighted by molar-refractivity contribution is -0.385. The number of carbonyl (C=O) groups is 1. The molecule has 0 spiro atoms. The molecule has 114 valence electrons. The van der Waals surface area contributed by atoms with Gasteiger partial charge in [-0.2, -0.15) is 0 Å². The van der Waals surface area contributed by atoms with Gasteiger partial charge in [-0.05, 0) is 25.0 Å². The maximum absolute atomic E-state index is 12.1. The largest absolute Gasteiger partial charge is 0.348 e. The molecule has 1 aromatic rings. The molecule has 1 saturated heterocycles. The Bertz CT molecular complexity index is 689. The van der Waals surface area contributed by atoms with Gasteiger partial charge < -0.3 is 5.32 Å². The smallest absolute Gasteiger partial charge is 0.300 e. The van der Waals surface area contributed by atoms with Crippen LogP contribution in [0.15, 0.2) is 18.2 Å². The average molecular weight is 333 g/mol. The van der Waals surface area contributed by atoms with Crippen LogP contribution in [0.25, 0.3) is 0 Å². The number of carbonyl (C=O) groups excluding carboxylic acids is 1. The molecular formula is C12H13ClN2O5S. The molecule has 0 saturated carbocycles. The Morgan fingerprint density at radius 2 is 2.14 bits per heavy atom. The van der Waals surface area contributed by atoms with Gasteiger partial charge in [-0.15, -0.1) is 0 Å². The van der Waals surface area contributed by atoms with Crippen molar-refractivity contribution in [1.82, 2.24) is 5.32 Å². The number of nitrogens with one attached hydrogen (secondary N) is 1. The van der Waals surface area contributed by atoms with Gasteiger partial charge in [-0.1, -0.05) is 17.7 Å². The summed E-state index contributed by atoms with van der Waals surface area (Å²) in [6.45, 7) is 0. The van der Waals surface area contributed by atoms with Crippen molar-refractivity contribution in [2.24, 2.45) is 0 Å². The van der Waals surface area contributed by atoms with E-state index in [2.05, 4.69) is 5.32 Å². The van der Waals surface area contributed by atoms with Gasteiger partial charge in [0.2, 0.25) is 0 Å². The predicted octanol–water partition coefficient (Wildman–Crippen LogP) is 1.56. The highest BCUT2D eigenvalue weighted by molar-refractivity contribution is 7.91. The SMILES string of the molecule is O=C(NC1CCCS(=O)(=O)C1)c1cccc(Cl)c1[N+](=O)[O-]. The van der Waals surface area contributed by atoms with Crippen LogP contribution in [0.5, 0.6) is 0 Å². The van der Waals surface area contributed by atoms with Crippen molar-refractivity contribution in [3.8, 4) is 0 Å². The predicted molar refractivity (Wildman–Crippen MR) is 77.2 cm³/mol. The van der Waals surface area contributed by atoms with Crippen LogP contribution in [0.3, 0.4) is 0 Å². The third-order valence-corrected chi connectivity index (χ3v) is 5.34. The van der Waals surface area contributed by atoms with Crippen LogP contribution < -0.4 is 5.32 Å². The average Bonchev–Trinajstić information content (AvgIpc) is 2.36. The molecule has 21 heavy (non-hydrogen) atoms. The van der Waals surface area contributed by atoms with E-state index in [0.29, 0.717) is 12.8 Å². The highest BCUT2D eigenvalue weighted by Gasteiger charge is 2.29. The summed E-state index contributed by atoms with van der Waals surface area (Å²) in [7, 11) is -3.17. The number of nitro benzene ring substituents is 1. The second-order valence-electron chi connectivity index (χ2n) is 4.82. The lowest BCUT2D eigenvalue weighted by atomic mass is 10.1. The third-order valence-electron chi connectivity index (χ3n) is 3.21. The summed E-state index contributed by atoms with van der Waals surface area (Å²) in [6.07, 6.45) is 0.990. The molecule has 1 fully saturated rings. The lowest BCUT2D eigenvalue weighted by Crippen LogP contribution is -2.43. The Morgan fingerprint density at radius 1 is 1.43 bits per heavy atom. The summed E-state index contributed by atoms with van der Waals surface area (Å²) < 4.78 is 23.1. The Morgan fingerprint density at radius 3 is 2.76 bits per heavy atom. The number of nitro groups is 1. The van der Waals surface area contributed by atoms with Crippen molar-refractivity contribution in [2.75, 3.05) is 11.5 Å². The normalized spacial score (nSPS) is 20.7. The van der Waals surface area contributed by atoms with Crippen LogP contribution in [0.1, 0.15) is 23.2 Å². The van der Waals surface area contributed by atoms with E-state index in [1.807, 2.05) is 0 Å². The molecule has 0 radical (unpaired) electrons. The summed E-state index contributed by atoms with van der Waals surface area (Å²) in [5.74, 6) is -0.727. The monoisotopic (exact) mass is 332 g/mol. The van der Waals surface area contributed by atoms with Gasteiger partial charge in [-0.3, -0.25) is 14.9 Å². The molecule has 9 heteroatoms. The van der Waals surface area contributed by atoms with Crippen molar-refractivity contribution in [3.63, 3.8) is 0 Å². The van der Waals surface area contributed by atoms with Crippen molar-refractivity contribution in [3.05, 3.63) is 38.9 Å². The van der Waals surface area contributed by atoms with E-state index in [1.54, 1.807) is 0 Å². The minimum absolute atomic E-state index is 0.108. The topological polar surface area (TPSA) is 106 Å². The van der Waals surface area contributed by atoms with Crippen molar-refractivity contribution < 1.29 is 18.1 Å². The van der Waals surface area contributed by atoms with Crippen molar-refractivity contribution in [2.45, 2.75) is 18.9 Å². The number of hydrogen-bond donors (Lipinski definition) is 1. The minimum atomic E-state index is -3.17. The highest BCUT2D eigenvalue weighted by atomic mass is 35.5. The summed E-state index contributed by atoms with van der Waals surface area (Å²) in [5, 5.41) is 13.4. The van der Waals surface area contributed by atoms with E-state index in [9.17, 15) is 23.3 Å². The molecule has 0 aromatic heterocycles. The maximum atomic E-state index is 12.1. The molecule has 7 nitrogen and oxygen atoms in total. The fourth-order valence-corrected chi connectivity index (χ4v) is 4.16. The van der Waals surface area contributed by atoms with Crippen LogP contribution >= 0.6 is 11.6 Å². The summed E-state index contributed by atoms with van der Waals surface area (Å²) in [5.41, 5.74) is -0.647. The van der Waals surface area contributed by atoms with E-state index in [1.165, 1.54) is 18.2 Å². The van der Waals surface area contributed by atoms with Gasteiger partial charge in [0, 0.05) is 6.04 Å². The maximum Gasteiger partial charge on any atom is 0.300 e. The quantitative estimate of drug-likeness (QED) is 0.667. The summed E-state index contributed by atoms with van der Waals surface area (Å²) in [6, 6.07) is 3.51.